The highest BCUT2D eigenvalue weighted by Crippen LogP contribution is 2.27. The second-order valence-corrected chi connectivity index (χ2v) is 7.84. The molecule has 0 radical (unpaired) electrons. The van der Waals surface area contributed by atoms with Crippen LogP contribution in [-0.2, 0) is 0 Å². The lowest BCUT2D eigenvalue weighted by molar-refractivity contribution is 0.0568. The van der Waals surface area contributed by atoms with Crippen molar-refractivity contribution in [3.8, 4) is 11.3 Å². The SMILES string of the molecule is O=C(c1csc2nc(-c3ccc(Cl)cc3)cn12)N1CCCC[C@H]1CCO. The van der Waals surface area contributed by atoms with Crippen LogP contribution in [0.5, 0.6) is 0 Å². The molecule has 1 atom stereocenters. The highest BCUT2D eigenvalue weighted by molar-refractivity contribution is 7.15. The number of hydrogen-bond acceptors (Lipinski definition) is 4. The molecule has 1 saturated heterocycles. The van der Waals surface area contributed by atoms with Gasteiger partial charge in [0, 0.05) is 41.4 Å². The predicted molar refractivity (Wildman–Crippen MR) is 104 cm³/mol. The van der Waals surface area contributed by atoms with E-state index >= 15 is 0 Å². The number of amides is 1. The van der Waals surface area contributed by atoms with Gasteiger partial charge in [0.1, 0.15) is 5.69 Å². The third kappa shape index (κ3) is 3.24. The lowest BCUT2D eigenvalue weighted by Crippen LogP contribution is -2.44. The first-order valence-electron chi connectivity index (χ1n) is 8.82. The summed E-state index contributed by atoms with van der Waals surface area (Å²) in [6, 6.07) is 7.65. The fourth-order valence-electron chi connectivity index (χ4n) is 3.56. The molecule has 0 spiro atoms. The minimum Gasteiger partial charge on any atom is -0.396 e. The van der Waals surface area contributed by atoms with Crippen molar-refractivity contribution in [2.75, 3.05) is 13.2 Å². The number of fused-ring (bicyclic) bond motifs is 1. The summed E-state index contributed by atoms with van der Waals surface area (Å²) < 4.78 is 1.88. The molecule has 2 aromatic heterocycles. The van der Waals surface area contributed by atoms with Crippen molar-refractivity contribution in [2.45, 2.75) is 31.7 Å². The van der Waals surface area contributed by atoms with Gasteiger partial charge < -0.3 is 10.0 Å². The minimum atomic E-state index is 0.0226. The molecule has 1 fully saturated rings. The molecule has 1 aliphatic heterocycles. The van der Waals surface area contributed by atoms with Gasteiger partial charge in [-0.1, -0.05) is 23.7 Å². The molecule has 5 nitrogen and oxygen atoms in total. The first-order chi connectivity index (χ1) is 12.7. The zero-order chi connectivity index (χ0) is 18.1. The average Bonchev–Trinajstić information content (AvgIpc) is 3.23. The molecule has 136 valence electrons. The summed E-state index contributed by atoms with van der Waals surface area (Å²) in [5.41, 5.74) is 2.44. The van der Waals surface area contributed by atoms with E-state index in [1.165, 1.54) is 11.3 Å². The van der Waals surface area contributed by atoms with Crippen molar-refractivity contribution in [3.05, 3.63) is 46.6 Å². The molecule has 0 saturated carbocycles. The Labute approximate surface area is 160 Å². The zero-order valence-corrected chi connectivity index (χ0v) is 15.8. The number of carbonyl (C=O) groups excluding carboxylic acids is 1. The molecule has 1 amide bonds. The van der Waals surface area contributed by atoms with Gasteiger partial charge >= 0.3 is 0 Å². The summed E-state index contributed by atoms with van der Waals surface area (Å²) in [4.78, 5) is 20.5. The Kier molecular flexibility index (Phi) is 4.98. The summed E-state index contributed by atoms with van der Waals surface area (Å²) in [7, 11) is 0. The number of likely N-dealkylation sites (tertiary alicyclic amines) is 1. The van der Waals surface area contributed by atoms with Gasteiger partial charge in [-0.2, -0.15) is 0 Å². The summed E-state index contributed by atoms with van der Waals surface area (Å²) in [5, 5.41) is 11.9. The van der Waals surface area contributed by atoms with Gasteiger partial charge in [0.05, 0.1) is 5.69 Å². The summed E-state index contributed by atoms with van der Waals surface area (Å²) in [6.45, 7) is 0.860. The van der Waals surface area contributed by atoms with Crippen LogP contribution in [0.2, 0.25) is 5.02 Å². The number of imidazole rings is 1. The molecule has 1 N–H and O–H groups in total. The first-order valence-corrected chi connectivity index (χ1v) is 10.1. The number of piperidine rings is 1. The number of hydrogen-bond donors (Lipinski definition) is 1. The van der Waals surface area contributed by atoms with E-state index in [0.29, 0.717) is 17.1 Å². The Morgan fingerprint density at radius 2 is 2.12 bits per heavy atom. The smallest absolute Gasteiger partial charge is 0.271 e. The van der Waals surface area contributed by atoms with Gasteiger partial charge in [-0.15, -0.1) is 11.3 Å². The Bertz CT molecular complexity index is 917. The summed E-state index contributed by atoms with van der Waals surface area (Å²) >= 11 is 7.43. The number of halogens is 1. The van der Waals surface area contributed by atoms with Crippen LogP contribution < -0.4 is 0 Å². The Morgan fingerprint density at radius 3 is 2.88 bits per heavy atom. The van der Waals surface area contributed by atoms with Gasteiger partial charge in [0.2, 0.25) is 0 Å². The van der Waals surface area contributed by atoms with Crippen LogP contribution >= 0.6 is 22.9 Å². The summed E-state index contributed by atoms with van der Waals surface area (Å²) in [5.74, 6) is 0.0226. The Hall–Kier alpha value is -1.89. The topological polar surface area (TPSA) is 57.8 Å². The van der Waals surface area contributed by atoms with Crippen molar-refractivity contribution < 1.29 is 9.90 Å². The van der Waals surface area contributed by atoms with Crippen molar-refractivity contribution >= 4 is 33.8 Å². The number of aliphatic hydroxyl groups excluding tert-OH is 1. The third-order valence-electron chi connectivity index (χ3n) is 4.92. The lowest BCUT2D eigenvalue weighted by atomic mass is 9.99. The van der Waals surface area contributed by atoms with Gasteiger partial charge in [-0.3, -0.25) is 9.20 Å². The monoisotopic (exact) mass is 389 g/mol. The van der Waals surface area contributed by atoms with E-state index in [0.717, 1.165) is 42.0 Å². The number of nitrogens with zero attached hydrogens (tertiary/aromatic N) is 3. The molecule has 1 aliphatic rings. The maximum Gasteiger partial charge on any atom is 0.271 e. The lowest BCUT2D eigenvalue weighted by Gasteiger charge is -2.35. The number of thiazole rings is 1. The number of aliphatic hydroxyl groups is 1. The average molecular weight is 390 g/mol. The second-order valence-electron chi connectivity index (χ2n) is 6.57. The second kappa shape index (κ2) is 7.39. The number of carbonyl (C=O) groups is 1. The summed E-state index contributed by atoms with van der Waals surface area (Å²) in [6.07, 6.45) is 5.63. The standard InChI is InChI=1S/C19H20ClN3O2S/c20-14-6-4-13(5-7-14)16-11-23-17(12-26-19(23)21-16)18(25)22-9-2-1-3-15(22)8-10-24/h4-7,11-12,15,24H,1-3,8-10H2/t15-/m0/s1. The van der Waals surface area contributed by atoms with Crippen LogP contribution in [0, 0.1) is 0 Å². The van der Waals surface area contributed by atoms with Gasteiger partial charge in [0.25, 0.3) is 5.91 Å². The molecule has 26 heavy (non-hydrogen) atoms. The highest BCUT2D eigenvalue weighted by Gasteiger charge is 2.29. The molecule has 0 unspecified atom stereocenters. The van der Waals surface area contributed by atoms with Gasteiger partial charge in [-0.25, -0.2) is 4.98 Å². The molecular weight excluding hydrogens is 370 g/mol. The molecule has 1 aromatic carbocycles. The minimum absolute atomic E-state index is 0.0226. The molecule has 7 heteroatoms. The van der Waals surface area contributed by atoms with Crippen LogP contribution in [0.3, 0.4) is 0 Å². The Morgan fingerprint density at radius 1 is 1.31 bits per heavy atom. The fraction of sp³-hybridized carbons (Fsp3) is 0.368. The molecule has 4 rings (SSSR count). The largest absolute Gasteiger partial charge is 0.396 e. The van der Waals surface area contributed by atoms with E-state index in [1.807, 2.05) is 45.1 Å². The quantitative estimate of drug-likeness (QED) is 0.731. The van der Waals surface area contributed by atoms with Crippen molar-refractivity contribution in [3.63, 3.8) is 0 Å². The molecule has 0 bridgehead atoms. The number of benzene rings is 1. The first kappa shape index (κ1) is 17.5. The normalized spacial score (nSPS) is 17.8. The van der Waals surface area contributed by atoms with E-state index in [1.54, 1.807) is 0 Å². The molecule has 3 aromatic rings. The predicted octanol–water partition coefficient (Wildman–Crippen LogP) is 4.09. The number of aromatic nitrogens is 2. The molecular formula is C19H20ClN3O2S. The number of rotatable bonds is 4. The van der Waals surface area contributed by atoms with E-state index in [4.69, 9.17) is 11.6 Å². The van der Waals surface area contributed by atoms with E-state index in [2.05, 4.69) is 4.98 Å². The highest BCUT2D eigenvalue weighted by atomic mass is 35.5. The van der Waals surface area contributed by atoms with Crippen LogP contribution in [-0.4, -0.2) is 44.5 Å². The van der Waals surface area contributed by atoms with E-state index in [9.17, 15) is 9.90 Å². The molecule has 0 aliphatic carbocycles. The third-order valence-corrected chi connectivity index (χ3v) is 6.01. The maximum atomic E-state index is 13.1. The van der Waals surface area contributed by atoms with Crippen LogP contribution in [0.4, 0.5) is 0 Å². The van der Waals surface area contributed by atoms with E-state index < -0.39 is 0 Å². The van der Waals surface area contributed by atoms with Crippen LogP contribution in [0.1, 0.15) is 36.2 Å². The molecule has 3 heterocycles. The Balaban J connectivity index is 1.66. The van der Waals surface area contributed by atoms with Crippen molar-refractivity contribution in [2.24, 2.45) is 0 Å². The fourth-order valence-corrected chi connectivity index (χ4v) is 4.53. The van der Waals surface area contributed by atoms with Crippen molar-refractivity contribution in [1.29, 1.82) is 0 Å². The van der Waals surface area contributed by atoms with Crippen LogP contribution in [0.15, 0.2) is 35.8 Å². The van der Waals surface area contributed by atoms with Crippen LogP contribution in [0.25, 0.3) is 16.2 Å². The van der Waals surface area contributed by atoms with E-state index in [-0.39, 0.29) is 18.6 Å². The van der Waals surface area contributed by atoms with Gasteiger partial charge in [-0.05, 0) is 37.8 Å². The zero-order valence-electron chi connectivity index (χ0n) is 14.3. The van der Waals surface area contributed by atoms with Crippen molar-refractivity contribution in [1.82, 2.24) is 14.3 Å². The van der Waals surface area contributed by atoms with Gasteiger partial charge in [0.15, 0.2) is 4.96 Å². The maximum absolute atomic E-state index is 13.1.